The molecule has 1 unspecified atom stereocenters. The van der Waals surface area contributed by atoms with Gasteiger partial charge in [-0.3, -0.25) is 9.89 Å². The number of ether oxygens (including phenoxy) is 1. The lowest BCUT2D eigenvalue weighted by molar-refractivity contribution is 0.0351. The summed E-state index contributed by atoms with van der Waals surface area (Å²) in [6.45, 7) is 9.71. The number of morpholine rings is 1. The van der Waals surface area contributed by atoms with Crippen LogP contribution in [-0.2, 0) is 4.74 Å². The van der Waals surface area contributed by atoms with Gasteiger partial charge in [-0.2, -0.15) is 0 Å². The quantitative estimate of drug-likeness (QED) is 0.356. The molecule has 2 heterocycles. The molecule has 4 rings (SSSR count). The van der Waals surface area contributed by atoms with E-state index < -0.39 is 0 Å². The summed E-state index contributed by atoms with van der Waals surface area (Å²) in [6, 6.07) is 18.6. The van der Waals surface area contributed by atoms with Gasteiger partial charge < -0.3 is 15.0 Å². The molecule has 0 aromatic heterocycles. The number of hydrogen-bond acceptors (Lipinski definition) is 4. The summed E-state index contributed by atoms with van der Waals surface area (Å²) >= 11 is 0. The molecule has 6 heteroatoms. The summed E-state index contributed by atoms with van der Waals surface area (Å²) in [5.74, 6) is 0.240. The normalized spacial score (nSPS) is 17.0. The van der Waals surface area contributed by atoms with E-state index in [4.69, 9.17) is 4.74 Å². The Labute approximate surface area is 227 Å². The molecule has 2 aliphatic heterocycles. The van der Waals surface area contributed by atoms with E-state index in [1.165, 1.54) is 16.7 Å². The van der Waals surface area contributed by atoms with Crippen molar-refractivity contribution in [3.8, 4) is 0 Å². The van der Waals surface area contributed by atoms with Gasteiger partial charge >= 0.3 is 6.03 Å². The molecule has 1 atom stereocenters. The molecule has 2 aromatic rings. The number of rotatable bonds is 11. The fraction of sp³-hybridized carbons (Fsp3) is 0.375. The summed E-state index contributed by atoms with van der Waals surface area (Å²) in [4.78, 5) is 22.2. The van der Waals surface area contributed by atoms with Crippen LogP contribution in [0.3, 0.4) is 0 Å². The molecular weight excluding hydrogens is 472 g/mol. The zero-order valence-corrected chi connectivity index (χ0v) is 22.7. The summed E-state index contributed by atoms with van der Waals surface area (Å²) < 4.78 is 5.51. The van der Waals surface area contributed by atoms with E-state index in [1.807, 2.05) is 42.4 Å². The van der Waals surface area contributed by atoms with Crippen molar-refractivity contribution in [2.75, 3.05) is 51.3 Å². The third-order valence-corrected chi connectivity index (χ3v) is 7.20. The Hall–Kier alpha value is -3.48. The topological polar surface area (TPSA) is 57.2 Å². The van der Waals surface area contributed by atoms with Gasteiger partial charge in [0, 0.05) is 63.2 Å². The van der Waals surface area contributed by atoms with Gasteiger partial charge in [-0.1, -0.05) is 66.3 Å². The molecule has 0 bridgehead atoms. The number of benzene rings is 2. The zero-order chi connectivity index (χ0) is 26.6. The Kier molecular flexibility index (Phi) is 10.5. The number of nitrogens with zero attached hydrogens (tertiary/aromatic N) is 3. The molecule has 2 amide bonds. The Morgan fingerprint density at radius 1 is 1.13 bits per heavy atom. The first-order valence-electron chi connectivity index (χ1n) is 13.7. The number of allylic oxidation sites excluding steroid dienone is 5. The average Bonchev–Trinajstić information content (AvgIpc) is 3.50. The van der Waals surface area contributed by atoms with Crippen LogP contribution in [0.15, 0.2) is 89.6 Å². The molecule has 0 aliphatic carbocycles. The van der Waals surface area contributed by atoms with Crippen LogP contribution in [0, 0.1) is 0 Å². The molecule has 0 spiro atoms. The minimum atomic E-state index is -0.0611. The lowest BCUT2D eigenvalue weighted by Crippen LogP contribution is -2.44. The highest BCUT2D eigenvalue weighted by molar-refractivity contribution is 5.91. The number of carbonyl (C=O) groups excluding carboxylic acids is 1. The minimum absolute atomic E-state index is 0.0611. The number of amides is 2. The second kappa shape index (κ2) is 14.5. The molecule has 1 N–H and O–H groups in total. The Morgan fingerprint density at radius 2 is 1.95 bits per heavy atom. The van der Waals surface area contributed by atoms with Crippen LogP contribution in [0.2, 0.25) is 0 Å². The maximum atomic E-state index is 13.6. The third kappa shape index (κ3) is 8.01. The Balaban J connectivity index is 1.48. The molecular formula is C32H40N4O2. The van der Waals surface area contributed by atoms with Crippen LogP contribution < -0.4 is 5.32 Å². The zero-order valence-electron chi connectivity index (χ0n) is 22.7. The Bertz CT molecular complexity index is 1160. The van der Waals surface area contributed by atoms with Crippen molar-refractivity contribution in [2.24, 2.45) is 4.99 Å². The molecule has 2 aromatic carbocycles. The molecule has 0 saturated carbocycles. The first-order chi connectivity index (χ1) is 18.6. The van der Waals surface area contributed by atoms with E-state index >= 15 is 0 Å². The third-order valence-electron chi connectivity index (χ3n) is 7.20. The number of aliphatic imine (C=N–C) groups is 1. The number of anilines is 1. The Morgan fingerprint density at radius 3 is 2.68 bits per heavy atom. The van der Waals surface area contributed by atoms with Crippen molar-refractivity contribution in [1.82, 2.24) is 9.80 Å². The highest BCUT2D eigenvalue weighted by atomic mass is 16.5. The predicted molar refractivity (Wildman–Crippen MR) is 158 cm³/mol. The van der Waals surface area contributed by atoms with Gasteiger partial charge in [0.2, 0.25) is 0 Å². The number of nitrogens with one attached hydrogen (secondary N) is 1. The molecule has 200 valence electrons. The van der Waals surface area contributed by atoms with Crippen LogP contribution in [0.1, 0.15) is 43.7 Å². The minimum Gasteiger partial charge on any atom is -0.379 e. The maximum absolute atomic E-state index is 13.6. The monoisotopic (exact) mass is 512 g/mol. The molecule has 6 nitrogen and oxygen atoms in total. The predicted octanol–water partition coefficient (Wildman–Crippen LogP) is 6.36. The van der Waals surface area contributed by atoms with E-state index in [-0.39, 0.29) is 11.9 Å². The lowest BCUT2D eigenvalue weighted by atomic mass is 9.88. The summed E-state index contributed by atoms with van der Waals surface area (Å²) in [5, 5.41) is 3.17. The van der Waals surface area contributed by atoms with Crippen molar-refractivity contribution in [1.29, 1.82) is 0 Å². The van der Waals surface area contributed by atoms with Gasteiger partial charge in [0.25, 0.3) is 0 Å². The van der Waals surface area contributed by atoms with Crippen LogP contribution in [-0.4, -0.2) is 68.0 Å². The standard InChI is InChI=1S/C32H40N4O2/c1-3-4-9-26(2)31(27-10-6-5-7-11-27)15-17-36(19-18-35-20-22-38-23-21-35)32(37)34-30-13-8-12-28(24-30)29-14-16-33-25-29/h3-13,16,24-25,31H,14-15,17-23H2,1-2H3,(H,34,37)/b4-3-,26-9+. The van der Waals surface area contributed by atoms with Crippen LogP contribution in [0.25, 0.3) is 5.57 Å². The highest BCUT2D eigenvalue weighted by Gasteiger charge is 2.21. The van der Waals surface area contributed by atoms with Crippen molar-refractivity contribution in [3.63, 3.8) is 0 Å². The van der Waals surface area contributed by atoms with Gasteiger partial charge in [-0.15, -0.1) is 0 Å². The van der Waals surface area contributed by atoms with Crippen molar-refractivity contribution in [3.05, 3.63) is 95.7 Å². The van der Waals surface area contributed by atoms with Gasteiger partial charge in [0.05, 0.1) is 13.2 Å². The molecule has 1 saturated heterocycles. The summed E-state index contributed by atoms with van der Waals surface area (Å²) in [7, 11) is 0. The lowest BCUT2D eigenvalue weighted by Gasteiger charge is -2.31. The van der Waals surface area contributed by atoms with Gasteiger partial charge in [-0.05, 0) is 49.1 Å². The number of urea groups is 1. The van der Waals surface area contributed by atoms with E-state index in [2.05, 4.69) is 76.8 Å². The molecule has 1 fully saturated rings. The van der Waals surface area contributed by atoms with Crippen molar-refractivity contribution in [2.45, 2.75) is 32.6 Å². The van der Waals surface area contributed by atoms with E-state index in [1.54, 1.807) is 0 Å². The number of carbonyl (C=O) groups is 1. The fourth-order valence-electron chi connectivity index (χ4n) is 4.93. The molecule has 38 heavy (non-hydrogen) atoms. The van der Waals surface area contributed by atoms with Gasteiger partial charge in [0.1, 0.15) is 0 Å². The van der Waals surface area contributed by atoms with Gasteiger partial charge in [0.15, 0.2) is 0 Å². The highest BCUT2D eigenvalue weighted by Crippen LogP contribution is 2.28. The van der Waals surface area contributed by atoms with Crippen LogP contribution in [0.4, 0.5) is 10.5 Å². The fourth-order valence-corrected chi connectivity index (χ4v) is 4.93. The molecule has 2 aliphatic rings. The smallest absolute Gasteiger partial charge is 0.321 e. The maximum Gasteiger partial charge on any atom is 0.321 e. The molecule has 0 radical (unpaired) electrons. The first kappa shape index (κ1) is 27.6. The second-order valence-electron chi connectivity index (χ2n) is 9.83. The van der Waals surface area contributed by atoms with Crippen LogP contribution in [0.5, 0.6) is 0 Å². The summed E-state index contributed by atoms with van der Waals surface area (Å²) in [5.41, 5.74) is 5.63. The first-order valence-corrected chi connectivity index (χ1v) is 13.7. The van der Waals surface area contributed by atoms with E-state index in [0.717, 1.165) is 56.9 Å². The van der Waals surface area contributed by atoms with E-state index in [0.29, 0.717) is 13.1 Å². The van der Waals surface area contributed by atoms with E-state index in [9.17, 15) is 4.79 Å². The average molecular weight is 513 g/mol. The second-order valence-corrected chi connectivity index (χ2v) is 9.83. The van der Waals surface area contributed by atoms with Crippen molar-refractivity contribution < 1.29 is 9.53 Å². The largest absolute Gasteiger partial charge is 0.379 e. The SMILES string of the molecule is C/C=C\C=C(/C)C(CCN(CCN1CCOCC1)C(=O)Nc1cccc(C2=CN=CC2)c1)c1ccccc1. The number of hydrogen-bond donors (Lipinski definition) is 1. The van der Waals surface area contributed by atoms with Crippen LogP contribution >= 0.6 is 0 Å². The summed E-state index contributed by atoms with van der Waals surface area (Å²) in [6.07, 6.45) is 11.8. The van der Waals surface area contributed by atoms with Gasteiger partial charge in [-0.25, -0.2) is 4.79 Å². The van der Waals surface area contributed by atoms with Crippen molar-refractivity contribution >= 4 is 23.5 Å².